The van der Waals surface area contributed by atoms with Crippen molar-refractivity contribution in [3.8, 4) is 0 Å². The first-order valence-corrected chi connectivity index (χ1v) is 12.0. The summed E-state index contributed by atoms with van der Waals surface area (Å²) in [6.45, 7) is 3.13. The molecule has 3 fully saturated rings. The number of sulfone groups is 1. The van der Waals surface area contributed by atoms with Gasteiger partial charge in [-0.15, -0.1) is 10.2 Å². The maximum Gasteiger partial charge on any atom is 0.177 e. The molecular formula is C19H27N5O2S. The molecule has 2 aliphatic heterocycles. The molecule has 0 aromatic carbocycles. The Hall–Kier alpha value is -1.54. The Labute approximate surface area is 160 Å². The fraction of sp³-hybridized carbons (Fsp3) is 0.737. The number of hydrogen-bond acceptors (Lipinski definition) is 6. The number of fused-ring (bicyclic) bond motifs is 1. The molecule has 2 aromatic heterocycles. The first kappa shape index (κ1) is 17.6. The Morgan fingerprint density at radius 3 is 2.37 bits per heavy atom. The van der Waals surface area contributed by atoms with Gasteiger partial charge in [0.25, 0.3) is 0 Å². The van der Waals surface area contributed by atoms with E-state index in [-0.39, 0.29) is 0 Å². The van der Waals surface area contributed by atoms with Gasteiger partial charge in [0, 0.05) is 18.4 Å². The Kier molecular flexibility index (Phi) is 4.43. The van der Waals surface area contributed by atoms with Crippen LogP contribution in [-0.4, -0.2) is 64.3 Å². The number of rotatable bonds is 4. The van der Waals surface area contributed by atoms with Crippen molar-refractivity contribution in [2.75, 3.05) is 31.1 Å². The van der Waals surface area contributed by atoms with Gasteiger partial charge in [0.15, 0.2) is 11.5 Å². The van der Waals surface area contributed by atoms with Gasteiger partial charge in [0.05, 0.1) is 17.2 Å². The van der Waals surface area contributed by atoms with Crippen LogP contribution in [0.3, 0.4) is 0 Å². The summed E-state index contributed by atoms with van der Waals surface area (Å²) in [5, 5.41) is 13.6. The highest BCUT2D eigenvalue weighted by atomic mass is 32.2. The van der Waals surface area contributed by atoms with E-state index >= 15 is 0 Å². The van der Waals surface area contributed by atoms with Gasteiger partial charge in [0.1, 0.15) is 9.84 Å². The highest BCUT2D eigenvalue weighted by Gasteiger charge is 2.30. The molecule has 1 aliphatic carbocycles. The second-order valence-electron chi connectivity index (χ2n) is 8.53. The molecule has 146 valence electrons. The zero-order valence-corrected chi connectivity index (χ0v) is 16.4. The van der Waals surface area contributed by atoms with E-state index in [1.807, 2.05) is 10.6 Å². The van der Waals surface area contributed by atoms with Gasteiger partial charge in [-0.2, -0.15) is 9.61 Å². The van der Waals surface area contributed by atoms with E-state index in [2.05, 4.69) is 21.2 Å². The van der Waals surface area contributed by atoms with Crippen molar-refractivity contribution >= 4 is 15.5 Å². The predicted molar refractivity (Wildman–Crippen MR) is 103 cm³/mol. The summed E-state index contributed by atoms with van der Waals surface area (Å²) in [4.78, 5) is 2.51. The van der Waals surface area contributed by atoms with Crippen molar-refractivity contribution < 1.29 is 8.42 Å². The van der Waals surface area contributed by atoms with Crippen molar-refractivity contribution in [3.05, 3.63) is 23.7 Å². The molecule has 5 rings (SSSR count). The Bertz CT molecular complexity index is 915. The average Bonchev–Trinajstić information content (AvgIpc) is 3.44. The molecule has 7 nitrogen and oxygen atoms in total. The molecule has 4 heterocycles. The standard InChI is InChI=1S/C19H27N5O2S/c25-27(26)11-7-14(8-12-27)13-23-9-5-16(6-10-23)19-21-20-18-4-3-17(15-1-2-15)22-24(18)19/h3-4,14-16H,1-2,5-13H2. The number of likely N-dealkylation sites (tertiary alicyclic amines) is 1. The smallest absolute Gasteiger partial charge is 0.177 e. The molecule has 2 aromatic rings. The third-order valence-corrected chi connectivity index (χ3v) is 8.16. The first-order chi connectivity index (χ1) is 13.1. The van der Waals surface area contributed by atoms with Gasteiger partial charge in [-0.3, -0.25) is 0 Å². The molecule has 0 atom stereocenters. The predicted octanol–water partition coefficient (Wildman–Crippen LogP) is 2.01. The van der Waals surface area contributed by atoms with Gasteiger partial charge in [0.2, 0.25) is 0 Å². The monoisotopic (exact) mass is 389 g/mol. The van der Waals surface area contributed by atoms with Crippen LogP contribution >= 0.6 is 0 Å². The normalized spacial score (nSPS) is 25.2. The lowest BCUT2D eigenvalue weighted by Crippen LogP contribution is -2.39. The van der Waals surface area contributed by atoms with E-state index in [9.17, 15) is 8.42 Å². The summed E-state index contributed by atoms with van der Waals surface area (Å²) in [5.41, 5.74) is 2.02. The van der Waals surface area contributed by atoms with Crippen LogP contribution in [0.1, 0.15) is 61.9 Å². The SMILES string of the molecule is O=S1(=O)CCC(CN2CCC(c3nnc4ccc(C5CC5)nn34)CC2)CC1. The van der Waals surface area contributed by atoms with E-state index < -0.39 is 9.84 Å². The van der Waals surface area contributed by atoms with Gasteiger partial charge in [-0.05, 0) is 69.7 Å². The molecule has 0 amide bonds. The summed E-state index contributed by atoms with van der Waals surface area (Å²) in [5.74, 6) is 3.32. The molecule has 8 heteroatoms. The summed E-state index contributed by atoms with van der Waals surface area (Å²) < 4.78 is 25.2. The zero-order valence-electron chi connectivity index (χ0n) is 15.6. The molecule has 27 heavy (non-hydrogen) atoms. The minimum absolute atomic E-state index is 0.370. The number of aromatic nitrogens is 4. The fourth-order valence-electron chi connectivity index (χ4n) is 4.53. The van der Waals surface area contributed by atoms with Crippen molar-refractivity contribution in [1.29, 1.82) is 0 Å². The van der Waals surface area contributed by atoms with Crippen molar-refractivity contribution in [1.82, 2.24) is 24.7 Å². The Balaban J connectivity index is 1.22. The van der Waals surface area contributed by atoms with E-state index in [4.69, 9.17) is 5.10 Å². The van der Waals surface area contributed by atoms with Gasteiger partial charge >= 0.3 is 0 Å². The van der Waals surface area contributed by atoms with E-state index in [0.717, 1.165) is 56.8 Å². The van der Waals surface area contributed by atoms with Crippen LogP contribution in [0.5, 0.6) is 0 Å². The topological polar surface area (TPSA) is 80.5 Å². The maximum atomic E-state index is 11.6. The quantitative estimate of drug-likeness (QED) is 0.796. The Morgan fingerprint density at radius 2 is 1.67 bits per heavy atom. The van der Waals surface area contributed by atoms with Gasteiger partial charge in [-0.1, -0.05) is 0 Å². The van der Waals surface area contributed by atoms with Crippen molar-refractivity contribution in [2.24, 2.45) is 5.92 Å². The van der Waals surface area contributed by atoms with Gasteiger partial charge < -0.3 is 4.90 Å². The van der Waals surface area contributed by atoms with Crippen molar-refractivity contribution in [3.63, 3.8) is 0 Å². The molecule has 0 spiro atoms. The molecular weight excluding hydrogens is 362 g/mol. The number of piperidine rings is 1. The van der Waals surface area contributed by atoms with E-state index in [1.165, 1.54) is 18.5 Å². The summed E-state index contributed by atoms with van der Waals surface area (Å²) in [6.07, 6.45) is 6.28. The molecule has 2 saturated heterocycles. The third-order valence-electron chi connectivity index (χ3n) is 6.45. The van der Waals surface area contributed by atoms with E-state index in [0.29, 0.717) is 29.3 Å². The Morgan fingerprint density at radius 1 is 0.926 bits per heavy atom. The second-order valence-corrected chi connectivity index (χ2v) is 10.8. The maximum absolute atomic E-state index is 11.6. The van der Waals surface area contributed by atoms with Crippen LogP contribution in [0, 0.1) is 5.92 Å². The third kappa shape index (κ3) is 3.74. The molecule has 3 aliphatic rings. The lowest BCUT2D eigenvalue weighted by molar-refractivity contribution is 0.174. The van der Waals surface area contributed by atoms with E-state index in [1.54, 1.807) is 0 Å². The molecule has 0 bridgehead atoms. The lowest BCUT2D eigenvalue weighted by atomic mass is 9.94. The minimum Gasteiger partial charge on any atom is -0.303 e. The van der Waals surface area contributed by atoms with Crippen LogP contribution in [-0.2, 0) is 9.84 Å². The minimum atomic E-state index is -2.76. The summed E-state index contributed by atoms with van der Waals surface area (Å²) in [6, 6.07) is 4.14. The van der Waals surface area contributed by atoms with Crippen LogP contribution in [0.2, 0.25) is 0 Å². The summed E-state index contributed by atoms with van der Waals surface area (Å²) in [7, 11) is -2.76. The van der Waals surface area contributed by atoms with Gasteiger partial charge in [-0.25, -0.2) is 8.42 Å². The van der Waals surface area contributed by atoms with Crippen LogP contribution in [0.15, 0.2) is 12.1 Å². The lowest BCUT2D eigenvalue weighted by Gasteiger charge is -2.34. The fourth-order valence-corrected chi connectivity index (χ4v) is 6.12. The van der Waals surface area contributed by atoms with Crippen LogP contribution in [0.25, 0.3) is 5.65 Å². The zero-order chi connectivity index (χ0) is 18.4. The number of nitrogens with zero attached hydrogens (tertiary/aromatic N) is 5. The first-order valence-electron chi connectivity index (χ1n) is 10.2. The largest absolute Gasteiger partial charge is 0.303 e. The van der Waals surface area contributed by atoms with Crippen LogP contribution in [0.4, 0.5) is 0 Å². The molecule has 0 N–H and O–H groups in total. The average molecular weight is 390 g/mol. The van der Waals surface area contributed by atoms with Crippen molar-refractivity contribution in [2.45, 2.75) is 50.4 Å². The second kappa shape index (κ2) is 6.81. The van der Waals surface area contributed by atoms with Crippen LogP contribution < -0.4 is 0 Å². The highest BCUT2D eigenvalue weighted by Crippen LogP contribution is 2.39. The molecule has 0 radical (unpaired) electrons. The molecule has 0 unspecified atom stereocenters. The summed E-state index contributed by atoms with van der Waals surface area (Å²) >= 11 is 0. The molecule has 1 saturated carbocycles. The highest BCUT2D eigenvalue weighted by molar-refractivity contribution is 7.91. The number of hydrogen-bond donors (Lipinski definition) is 0.